The van der Waals surface area contributed by atoms with Crippen molar-refractivity contribution in [3.63, 3.8) is 0 Å². The maximum Gasteiger partial charge on any atom is 0.0743 e. The predicted octanol–water partition coefficient (Wildman–Crippen LogP) is 16.8. The molecule has 10 aromatic carbocycles. The minimum Gasteiger partial charge on any atom is -0.310 e. The maximum absolute atomic E-state index is 5.18. The van der Waals surface area contributed by atoms with Crippen LogP contribution in [-0.4, -0.2) is 0 Å². The van der Waals surface area contributed by atoms with Gasteiger partial charge in [0.25, 0.3) is 0 Å². The van der Waals surface area contributed by atoms with Crippen LogP contribution < -0.4 is 9.80 Å². The first-order valence-corrected chi connectivity index (χ1v) is 22.2. The van der Waals surface area contributed by atoms with E-state index in [9.17, 15) is 0 Å². The Morgan fingerprint density at radius 1 is 0.422 bits per heavy atom. The van der Waals surface area contributed by atoms with Crippen molar-refractivity contribution in [1.82, 2.24) is 0 Å². The van der Waals surface area contributed by atoms with Crippen LogP contribution in [-0.2, 0) is 5.41 Å². The summed E-state index contributed by atoms with van der Waals surface area (Å²) in [4.78, 5) is 4.74. The monoisotopic (exact) mass is 814 g/mol. The van der Waals surface area contributed by atoms with E-state index in [1.807, 2.05) is 0 Å². The smallest absolute Gasteiger partial charge is 0.0743 e. The van der Waals surface area contributed by atoms with Gasteiger partial charge in [-0.05, 0) is 168 Å². The number of hydrogen-bond acceptors (Lipinski definition) is 2. The van der Waals surface area contributed by atoms with Crippen molar-refractivity contribution < 1.29 is 0 Å². The largest absolute Gasteiger partial charge is 0.310 e. The van der Waals surface area contributed by atoms with Gasteiger partial charge in [0.05, 0.1) is 5.41 Å². The predicted molar refractivity (Wildman–Crippen MR) is 271 cm³/mol. The van der Waals surface area contributed by atoms with E-state index in [-0.39, 0.29) is 0 Å². The van der Waals surface area contributed by atoms with E-state index in [1.54, 1.807) is 0 Å². The summed E-state index contributed by atoms with van der Waals surface area (Å²) in [5.41, 5.74) is 18.9. The average Bonchev–Trinajstić information content (AvgIpc) is 3.82. The number of benzene rings is 10. The van der Waals surface area contributed by atoms with E-state index in [4.69, 9.17) is 6.58 Å². The van der Waals surface area contributed by atoms with Gasteiger partial charge in [0, 0.05) is 34.1 Å². The average molecular weight is 815 g/mol. The van der Waals surface area contributed by atoms with Gasteiger partial charge in [-0.2, -0.15) is 0 Å². The van der Waals surface area contributed by atoms with Crippen LogP contribution in [0.15, 0.2) is 237 Å². The molecular weight excluding hydrogens is 773 g/mol. The van der Waals surface area contributed by atoms with E-state index in [0.29, 0.717) is 0 Å². The van der Waals surface area contributed by atoms with Gasteiger partial charge in [0.1, 0.15) is 0 Å². The number of nitrogens with zero attached hydrogens (tertiary/aromatic N) is 2. The highest BCUT2D eigenvalue weighted by Gasteiger charge is 2.57. The standard InChI is InChI=1S/C62H42N2/c1-3-18-54-58-50-28-17-16-19-41(50)31-36-56(58)62-59(54)40(2)55-39-49(64(46-24-12-6-13-25-46)47-26-14-7-15-27-47)38-43-30-34-53(61(62)57(43)55)52-33-29-42-37-48(32-35-51(42)60(52)62)63(44-20-8-4-9-21-44)45-22-10-5-11-23-45/h3-39H,2H2,1H3/b18-3-. The van der Waals surface area contributed by atoms with Crippen molar-refractivity contribution in [2.75, 3.05) is 9.80 Å². The fourth-order valence-corrected chi connectivity index (χ4v) is 11.6. The van der Waals surface area contributed by atoms with Crippen LogP contribution in [0.4, 0.5) is 34.1 Å². The zero-order valence-corrected chi connectivity index (χ0v) is 35.5. The molecule has 1 unspecified atom stereocenters. The summed E-state index contributed by atoms with van der Waals surface area (Å²) in [6.07, 6.45) is 4.57. The molecule has 0 aliphatic heterocycles. The van der Waals surface area contributed by atoms with Gasteiger partial charge in [-0.1, -0.05) is 158 Å². The van der Waals surface area contributed by atoms with Crippen LogP contribution in [0.5, 0.6) is 0 Å². The molecule has 0 radical (unpaired) electrons. The third kappa shape index (κ3) is 4.97. The second-order valence-electron chi connectivity index (χ2n) is 17.2. The van der Waals surface area contributed by atoms with Gasteiger partial charge in [0.15, 0.2) is 0 Å². The first kappa shape index (κ1) is 36.5. The molecule has 0 N–H and O–H groups in total. The van der Waals surface area contributed by atoms with Crippen molar-refractivity contribution in [1.29, 1.82) is 0 Å². The van der Waals surface area contributed by atoms with Crippen molar-refractivity contribution >= 4 is 77.6 Å². The summed E-state index contributed by atoms with van der Waals surface area (Å²) in [5.74, 6) is 0. The summed E-state index contributed by atoms with van der Waals surface area (Å²) in [6.45, 7) is 7.33. The molecule has 2 heteroatoms. The summed E-state index contributed by atoms with van der Waals surface area (Å²) in [6, 6.07) is 77.9. The molecule has 13 rings (SSSR count). The van der Waals surface area contributed by atoms with Gasteiger partial charge in [-0.25, -0.2) is 0 Å². The molecular formula is C62H42N2. The Labute approximate surface area is 373 Å². The van der Waals surface area contributed by atoms with Crippen LogP contribution in [0, 0.1) is 0 Å². The Morgan fingerprint density at radius 3 is 1.58 bits per heavy atom. The van der Waals surface area contributed by atoms with Crippen LogP contribution >= 0.6 is 0 Å². The number of hydrogen-bond donors (Lipinski definition) is 0. The number of anilines is 6. The minimum absolute atomic E-state index is 0.595. The van der Waals surface area contributed by atoms with E-state index in [0.717, 1.165) is 39.7 Å². The molecule has 300 valence electrons. The van der Waals surface area contributed by atoms with Gasteiger partial charge in [-0.15, -0.1) is 0 Å². The first-order chi connectivity index (χ1) is 31.6. The SMILES string of the molecule is C=C1C2=C(/C=C\C)c3c(ccc4ccccc34)C23c2c(ccc4cc(N(c5ccccc5)c5ccccc5)ccc24)-c2ccc4cc(N(c5ccccc5)c5ccccc5)cc1c4c23. The van der Waals surface area contributed by atoms with Crippen molar-refractivity contribution in [3.05, 3.63) is 264 Å². The zero-order chi connectivity index (χ0) is 42.5. The fraction of sp³-hybridized carbons (Fsp3) is 0.0323. The molecule has 0 aromatic heterocycles. The zero-order valence-electron chi connectivity index (χ0n) is 35.5. The van der Waals surface area contributed by atoms with Gasteiger partial charge < -0.3 is 9.80 Å². The maximum atomic E-state index is 5.18. The van der Waals surface area contributed by atoms with Crippen molar-refractivity contribution in [2.24, 2.45) is 0 Å². The van der Waals surface area contributed by atoms with Gasteiger partial charge >= 0.3 is 0 Å². The molecule has 2 nitrogen and oxygen atoms in total. The van der Waals surface area contributed by atoms with E-state index >= 15 is 0 Å². The quantitative estimate of drug-likeness (QED) is 0.158. The first-order valence-electron chi connectivity index (χ1n) is 22.2. The Kier molecular flexibility index (Phi) is 7.92. The molecule has 3 aliphatic rings. The third-order valence-electron chi connectivity index (χ3n) is 13.9. The minimum atomic E-state index is -0.595. The summed E-state index contributed by atoms with van der Waals surface area (Å²) < 4.78 is 0. The van der Waals surface area contributed by atoms with Crippen LogP contribution in [0.3, 0.4) is 0 Å². The molecule has 0 fully saturated rings. The highest BCUT2D eigenvalue weighted by atomic mass is 15.1. The van der Waals surface area contributed by atoms with Gasteiger partial charge in [0.2, 0.25) is 0 Å². The molecule has 0 bridgehead atoms. The Morgan fingerprint density at radius 2 is 0.953 bits per heavy atom. The van der Waals surface area contributed by atoms with E-state index in [2.05, 4.69) is 241 Å². The molecule has 0 amide bonds. The molecule has 1 atom stereocenters. The number of rotatable bonds is 7. The number of fused-ring (bicyclic) bond motifs is 7. The topological polar surface area (TPSA) is 6.48 Å². The van der Waals surface area contributed by atoms with E-state index < -0.39 is 5.41 Å². The van der Waals surface area contributed by atoms with Gasteiger partial charge in [-0.3, -0.25) is 0 Å². The fourth-order valence-electron chi connectivity index (χ4n) is 11.6. The highest BCUT2D eigenvalue weighted by Crippen LogP contribution is 2.70. The molecule has 3 aliphatic carbocycles. The molecule has 0 saturated heterocycles. The molecule has 0 saturated carbocycles. The lowest BCUT2D eigenvalue weighted by atomic mass is 9.61. The lowest BCUT2D eigenvalue weighted by Gasteiger charge is -2.40. The highest BCUT2D eigenvalue weighted by molar-refractivity contribution is 6.21. The molecule has 0 heterocycles. The number of allylic oxidation sites excluding steroid dienone is 5. The van der Waals surface area contributed by atoms with E-state index in [1.165, 1.54) is 82.4 Å². The Hall–Kier alpha value is -8.20. The molecule has 10 aromatic rings. The normalized spacial score (nSPS) is 15.5. The second-order valence-corrected chi connectivity index (χ2v) is 17.2. The van der Waals surface area contributed by atoms with Crippen LogP contribution in [0.25, 0.3) is 54.6 Å². The van der Waals surface area contributed by atoms with Crippen LogP contribution in [0.1, 0.15) is 34.7 Å². The summed E-state index contributed by atoms with van der Waals surface area (Å²) >= 11 is 0. The Balaban J connectivity index is 1.13. The van der Waals surface area contributed by atoms with Crippen molar-refractivity contribution in [3.8, 4) is 11.1 Å². The lowest BCUT2D eigenvalue weighted by molar-refractivity contribution is 0.801. The second kappa shape index (κ2) is 13.9. The summed E-state index contributed by atoms with van der Waals surface area (Å²) in [5, 5.41) is 7.49. The third-order valence-corrected chi connectivity index (χ3v) is 13.9. The summed E-state index contributed by atoms with van der Waals surface area (Å²) in [7, 11) is 0. The van der Waals surface area contributed by atoms with Crippen molar-refractivity contribution in [2.45, 2.75) is 12.3 Å². The number of para-hydroxylation sites is 4. The molecule has 64 heavy (non-hydrogen) atoms. The lowest BCUT2D eigenvalue weighted by Crippen LogP contribution is -2.31. The Bertz CT molecular complexity index is 3540. The molecule has 1 spiro atoms. The van der Waals surface area contributed by atoms with Crippen LogP contribution in [0.2, 0.25) is 0 Å².